The molecule has 0 fully saturated rings. The second-order valence-electron chi connectivity index (χ2n) is 5.34. The van der Waals surface area contributed by atoms with E-state index in [2.05, 4.69) is 0 Å². The van der Waals surface area contributed by atoms with Crippen LogP contribution in [0, 0.1) is 11.6 Å². The van der Waals surface area contributed by atoms with Crippen LogP contribution in [0.15, 0.2) is 42.5 Å². The van der Waals surface area contributed by atoms with E-state index in [1.54, 1.807) is 31.2 Å². The molecule has 0 heterocycles. The SMILES string of the molecule is CCCOc1ccc(OCC(=O)N(CC)c2ccc(F)c(F)c2)cc1. The van der Waals surface area contributed by atoms with Crippen molar-refractivity contribution in [2.24, 2.45) is 0 Å². The summed E-state index contributed by atoms with van der Waals surface area (Å²) < 4.78 is 37.3. The summed E-state index contributed by atoms with van der Waals surface area (Å²) >= 11 is 0. The van der Waals surface area contributed by atoms with Gasteiger partial charge in [-0.3, -0.25) is 4.79 Å². The van der Waals surface area contributed by atoms with Crippen LogP contribution < -0.4 is 14.4 Å². The van der Waals surface area contributed by atoms with Gasteiger partial charge in [0.25, 0.3) is 5.91 Å². The quantitative estimate of drug-likeness (QED) is 0.717. The number of likely N-dealkylation sites (N-methyl/N-ethyl adjacent to an activating group) is 1. The smallest absolute Gasteiger partial charge is 0.264 e. The van der Waals surface area contributed by atoms with E-state index < -0.39 is 11.6 Å². The fourth-order valence-electron chi connectivity index (χ4n) is 2.23. The molecule has 0 saturated carbocycles. The van der Waals surface area contributed by atoms with Crippen LogP contribution in [-0.4, -0.2) is 25.7 Å². The molecular weight excluding hydrogens is 328 g/mol. The lowest BCUT2D eigenvalue weighted by atomic mass is 10.2. The average molecular weight is 349 g/mol. The number of amides is 1. The molecule has 2 aromatic rings. The molecule has 1 amide bonds. The number of hydrogen-bond donors (Lipinski definition) is 0. The Morgan fingerprint density at radius 2 is 1.60 bits per heavy atom. The van der Waals surface area contributed by atoms with Crippen molar-refractivity contribution >= 4 is 11.6 Å². The molecule has 0 saturated heterocycles. The molecule has 0 aliphatic rings. The molecule has 0 spiro atoms. The first-order valence-corrected chi connectivity index (χ1v) is 8.16. The summed E-state index contributed by atoms with van der Waals surface area (Å²) in [5.41, 5.74) is 0.290. The highest BCUT2D eigenvalue weighted by Crippen LogP contribution is 2.20. The first-order chi connectivity index (χ1) is 12.0. The second-order valence-corrected chi connectivity index (χ2v) is 5.34. The Hall–Kier alpha value is -2.63. The predicted octanol–water partition coefficient (Wildman–Crippen LogP) is 4.19. The zero-order valence-corrected chi connectivity index (χ0v) is 14.3. The van der Waals surface area contributed by atoms with Gasteiger partial charge >= 0.3 is 0 Å². The van der Waals surface area contributed by atoms with Crippen molar-refractivity contribution in [1.82, 2.24) is 0 Å². The highest BCUT2D eigenvalue weighted by molar-refractivity contribution is 5.94. The van der Waals surface area contributed by atoms with Crippen LogP contribution >= 0.6 is 0 Å². The Morgan fingerprint density at radius 1 is 0.960 bits per heavy atom. The molecular formula is C19H21F2NO3. The van der Waals surface area contributed by atoms with Crippen molar-refractivity contribution in [2.45, 2.75) is 20.3 Å². The van der Waals surface area contributed by atoms with Crippen molar-refractivity contribution in [3.8, 4) is 11.5 Å². The number of carbonyl (C=O) groups excluding carboxylic acids is 1. The fourth-order valence-corrected chi connectivity index (χ4v) is 2.23. The molecule has 4 nitrogen and oxygen atoms in total. The van der Waals surface area contributed by atoms with Crippen molar-refractivity contribution in [3.05, 3.63) is 54.1 Å². The zero-order valence-electron chi connectivity index (χ0n) is 14.3. The molecule has 0 aliphatic carbocycles. The molecule has 2 aromatic carbocycles. The van der Waals surface area contributed by atoms with Crippen LogP contribution in [0.2, 0.25) is 0 Å². The van der Waals surface area contributed by atoms with Crippen LogP contribution in [0.4, 0.5) is 14.5 Å². The van der Waals surface area contributed by atoms with Gasteiger partial charge in [0.2, 0.25) is 0 Å². The molecule has 0 radical (unpaired) electrons. The van der Waals surface area contributed by atoms with Crippen molar-refractivity contribution in [2.75, 3.05) is 24.7 Å². The predicted molar refractivity (Wildman–Crippen MR) is 92.1 cm³/mol. The molecule has 0 bridgehead atoms. The van der Waals surface area contributed by atoms with E-state index in [4.69, 9.17) is 9.47 Å². The van der Waals surface area contributed by atoms with Gasteiger partial charge in [0.15, 0.2) is 18.2 Å². The summed E-state index contributed by atoms with van der Waals surface area (Å²) in [6.45, 7) is 4.52. The van der Waals surface area contributed by atoms with Crippen LogP contribution in [0.1, 0.15) is 20.3 Å². The number of ether oxygens (including phenoxy) is 2. The van der Waals surface area contributed by atoms with Crippen molar-refractivity contribution < 1.29 is 23.0 Å². The van der Waals surface area contributed by atoms with Crippen molar-refractivity contribution in [3.63, 3.8) is 0 Å². The maximum atomic E-state index is 13.4. The van der Waals surface area contributed by atoms with Gasteiger partial charge < -0.3 is 14.4 Å². The minimum atomic E-state index is -0.993. The Bertz CT molecular complexity index is 704. The number of benzene rings is 2. The summed E-state index contributed by atoms with van der Waals surface area (Å²) in [4.78, 5) is 13.6. The monoisotopic (exact) mass is 349 g/mol. The lowest BCUT2D eigenvalue weighted by Gasteiger charge is -2.21. The molecule has 0 atom stereocenters. The summed E-state index contributed by atoms with van der Waals surface area (Å²) in [5, 5.41) is 0. The van der Waals surface area contributed by atoms with Gasteiger partial charge in [-0.1, -0.05) is 6.92 Å². The standard InChI is InChI=1S/C19H21F2NO3/c1-3-11-24-15-6-8-16(9-7-15)25-13-19(23)22(4-2)14-5-10-17(20)18(21)12-14/h5-10,12H,3-4,11,13H2,1-2H3. The number of carbonyl (C=O) groups is 1. The van der Waals surface area contributed by atoms with Crippen LogP contribution in [0.5, 0.6) is 11.5 Å². The van der Waals surface area contributed by atoms with E-state index in [9.17, 15) is 13.6 Å². The summed E-state index contributed by atoms with van der Waals surface area (Å²) in [5.74, 6) is -1.03. The Balaban J connectivity index is 1.96. The van der Waals surface area contributed by atoms with Crippen LogP contribution in [-0.2, 0) is 4.79 Å². The normalized spacial score (nSPS) is 10.4. The van der Waals surface area contributed by atoms with Gasteiger partial charge in [-0.15, -0.1) is 0 Å². The summed E-state index contributed by atoms with van der Waals surface area (Å²) in [7, 11) is 0. The highest BCUT2D eigenvalue weighted by Gasteiger charge is 2.16. The average Bonchev–Trinajstić information content (AvgIpc) is 2.62. The Labute approximate surface area is 146 Å². The van der Waals surface area contributed by atoms with Gasteiger partial charge in [-0.05, 0) is 49.7 Å². The van der Waals surface area contributed by atoms with E-state index in [0.29, 0.717) is 24.6 Å². The van der Waals surface area contributed by atoms with E-state index >= 15 is 0 Å². The van der Waals surface area contributed by atoms with Gasteiger partial charge in [-0.2, -0.15) is 0 Å². The Morgan fingerprint density at radius 3 is 2.16 bits per heavy atom. The van der Waals surface area contributed by atoms with Gasteiger partial charge in [0.05, 0.1) is 6.61 Å². The zero-order chi connectivity index (χ0) is 18.2. The third kappa shape index (κ3) is 5.17. The van der Waals surface area contributed by atoms with Gasteiger partial charge in [-0.25, -0.2) is 8.78 Å². The first-order valence-electron chi connectivity index (χ1n) is 8.16. The molecule has 134 valence electrons. The van der Waals surface area contributed by atoms with E-state index in [1.165, 1.54) is 11.0 Å². The first kappa shape index (κ1) is 18.7. The van der Waals surface area contributed by atoms with E-state index in [-0.39, 0.29) is 12.5 Å². The number of hydrogen-bond acceptors (Lipinski definition) is 3. The highest BCUT2D eigenvalue weighted by atomic mass is 19.2. The van der Waals surface area contributed by atoms with Gasteiger partial charge in [0, 0.05) is 18.3 Å². The maximum Gasteiger partial charge on any atom is 0.264 e. The molecule has 0 N–H and O–H groups in total. The molecule has 0 unspecified atom stereocenters. The third-order valence-corrected chi connectivity index (χ3v) is 3.49. The summed E-state index contributed by atoms with van der Waals surface area (Å²) in [6.07, 6.45) is 0.920. The lowest BCUT2D eigenvalue weighted by Crippen LogP contribution is -2.34. The number of halogens is 2. The van der Waals surface area contributed by atoms with E-state index in [0.717, 1.165) is 24.3 Å². The van der Waals surface area contributed by atoms with E-state index in [1.807, 2.05) is 6.92 Å². The number of anilines is 1. The molecule has 25 heavy (non-hydrogen) atoms. The number of rotatable bonds is 8. The molecule has 6 heteroatoms. The minimum absolute atomic E-state index is 0.206. The minimum Gasteiger partial charge on any atom is -0.494 e. The fraction of sp³-hybridized carbons (Fsp3) is 0.316. The number of nitrogens with zero attached hydrogens (tertiary/aromatic N) is 1. The van der Waals surface area contributed by atoms with Crippen LogP contribution in [0.3, 0.4) is 0 Å². The Kier molecular flexibility index (Phi) is 6.74. The second kappa shape index (κ2) is 9.01. The molecule has 0 aliphatic heterocycles. The largest absolute Gasteiger partial charge is 0.494 e. The summed E-state index contributed by atoms with van der Waals surface area (Å²) in [6, 6.07) is 10.3. The topological polar surface area (TPSA) is 38.8 Å². The maximum absolute atomic E-state index is 13.4. The van der Waals surface area contributed by atoms with Gasteiger partial charge in [0.1, 0.15) is 11.5 Å². The molecule has 2 rings (SSSR count). The van der Waals surface area contributed by atoms with Crippen molar-refractivity contribution in [1.29, 1.82) is 0 Å². The molecule has 0 aromatic heterocycles. The lowest BCUT2D eigenvalue weighted by molar-refractivity contribution is -0.120. The third-order valence-electron chi connectivity index (χ3n) is 3.49. The van der Waals surface area contributed by atoms with Crippen LogP contribution in [0.25, 0.3) is 0 Å².